The van der Waals surface area contributed by atoms with Crippen molar-refractivity contribution in [1.82, 2.24) is 0 Å². The van der Waals surface area contributed by atoms with Gasteiger partial charge < -0.3 is 0 Å². The van der Waals surface area contributed by atoms with Crippen molar-refractivity contribution in [3.63, 3.8) is 0 Å². The summed E-state index contributed by atoms with van der Waals surface area (Å²) in [4.78, 5) is 0. The van der Waals surface area contributed by atoms with E-state index in [1.165, 1.54) is 6.42 Å². The molecule has 0 heterocycles. The first-order valence-corrected chi connectivity index (χ1v) is 8.38. The molecule has 0 atom stereocenters. The summed E-state index contributed by atoms with van der Waals surface area (Å²) < 4.78 is 2.37. The Morgan fingerprint density at radius 1 is 1.57 bits per heavy atom. The third-order valence-corrected chi connectivity index (χ3v) is 5.42. The minimum absolute atomic E-state index is 0.247. The van der Waals surface area contributed by atoms with E-state index in [9.17, 15) is 0 Å². The van der Waals surface area contributed by atoms with Crippen molar-refractivity contribution in [1.29, 1.82) is 0 Å². The molecule has 0 unspecified atom stereocenters. The van der Waals surface area contributed by atoms with Crippen LogP contribution in [0.5, 0.6) is 0 Å². The first kappa shape index (κ1) is 14.6. The minimum atomic E-state index is -0.247. The molecule has 0 saturated carbocycles. The van der Waals surface area contributed by atoms with E-state index in [2.05, 4.69) is 61.5 Å². The van der Waals surface area contributed by atoms with Gasteiger partial charge in [-0.2, -0.15) is 0 Å². The fraction of sp³-hybridized carbons (Fsp3) is 0.500. The second-order valence-electron chi connectivity index (χ2n) is 4.14. The van der Waals surface area contributed by atoms with E-state index in [-0.39, 0.29) is 23.2 Å². The van der Waals surface area contributed by atoms with E-state index < -0.39 is 0 Å². The first-order valence-electron chi connectivity index (χ1n) is 4.80. The summed E-state index contributed by atoms with van der Waals surface area (Å²) in [5.41, 5.74) is 0. The molecule has 1 aliphatic carbocycles. The molecule has 0 bridgehead atoms. The molecule has 0 aliphatic heterocycles. The fourth-order valence-electron chi connectivity index (χ4n) is 1.02. The van der Waals surface area contributed by atoms with Gasteiger partial charge in [0.2, 0.25) is 0 Å². The average molecular weight is 334 g/mol. The number of halogens is 1. The summed E-state index contributed by atoms with van der Waals surface area (Å²) in [6, 6.07) is 0. The maximum absolute atomic E-state index is 3.43. The summed E-state index contributed by atoms with van der Waals surface area (Å²) in [5.74, 6) is 0. The number of rotatable bonds is 2. The van der Waals surface area contributed by atoms with E-state index in [0.29, 0.717) is 3.12 Å². The zero-order valence-corrected chi connectivity index (χ0v) is 13.4. The molecule has 2 heteroatoms. The molecule has 0 radical (unpaired) electrons. The summed E-state index contributed by atoms with van der Waals surface area (Å²) in [6.07, 6.45) is 9.82. The Morgan fingerprint density at radius 3 is 2.43 bits per heavy atom. The third-order valence-electron chi connectivity index (χ3n) is 1.42. The maximum atomic E-state index is 3.43. The molecule has 78 valence electrons. The topological polar surface area (TPSA) is 0 Å². The molecule has 14 heavy (non-hydrogen) atoms. The van der Waals surface area contributed by atoms with Crippen molar-refractivity contribution < 1.29 is 23.2 Å². The molecular formula is C12H19BrZr. The summed E-state index contributed by atoms with van der Waals surface area (Å²) in [7, 11) is 0. The van der Waals surface area contributed by atoms with Gasteiger partial charge in [-0.25, -0.2) is 0 Å². The van der Waals surface area contributed by atoms with Crippen LogP contribution in [0.2, 0.25) is 3.12 Å². The van der Waals surface area contributed by atoms with Gasteiger partial charge in [0.15, 0.2) is 0 Å². The van der Waals surface area contributed by atoms with E-state index in [0.717, 1.165) is 5.33 Å². The number of hydrogen-bond acceptors (Lipinski definition) is 0. The molecule has 0 N–H and O–H groups in total. The Bertz CT molecular complexity index is 221. The van der Waals surface area contributed by atoms with Crippen molar-refractivity contribution in [2.24, 2.45) is 0 Å². The number of allylic oxidation sites excluding steroid dienone is 5. The van der Waals surface area contributed by atoms with Crippen LogP contribution in [-0.4, -0.2) is 5.33 Å². The van der Waals surface area contributed by atoms with E-state index in [1.807, 2.05) is 0 Å². The Kier molecular flexibility index (Phi) is 8.15. The molecule has 0 aromatic rings. The molecule has 0 amide bonds. The van der Waals surface area contributed by atoms with Gasteiger partial charge in [0.1, 0.15) is 0 Å². The van der Waals surface area contributed by atoms with Crippen LogP contribution < -0.4 is 0 Å². The Balaban J connectivity index is 0.000000364. The van der Waals surface area contributed by atoms with Crippen LogP contribution in [0.1, 0.15) is 27.2 Å². The fourth-order valence-corrected chi connectivity index (χ4v) is 4.37. The van der Waals surface area contributed by atoms with Crippen LogP contribution >= 0.6 is 15.9 Å². The van der Waals surface area contributed by atoms with Gasteiger partial charge in [0.05, 0.1) is 0 Å². The second kappa shape index (κ2) is 7.82. The Hall–Kier alpha value is 0.583. The first-order chi connectivity index (χ1) is 6.49. The zero-order valence-electron chi connectivity index (χ0n) is 9.31. The SMILES string of the molecule is C=CCBr.C[C](C)(C)[Zr][C]1=CC=CC1. The van der Waals surface area contributed by atoms with E-state index >= 15 is 0 Å². The molecule has 0 spiro atoms. The Morgan fingerprint density at radius 2 is 2.14 bits per heavy atom. The van der Waals surface area contributed by atoms with Crippen LogP contribution in [0.25, 0.3) is 0 Å². The van der Waals surface area contributed by atoms with E-state index in [4.69, 9.17) is 0 Å². The molecule has 0 aromatic heterocycles. The molecular weight excluding hydrogens is 315 g/mol. The van der Waals surface area contributed by atoms with Crippen LogP contribution in [0.4, 0.5) is 0 Å². The zero-order chi connectivity index (χ0) is 11.0. The monoisotopic (exact) mass is 332 g/mol. The summed E-state index contributed by atoms with van der Waals surface area (Å²) in [5, 5.41) is 0.896. The van der Waals surface area contributed by atoms with Crippen LogP contribution in [0.15, 0.2) is 34.2 Å². The van der Waals surface area contributed by atoms with Crippen molar-refractivity contribution in [2.75, 3.05) is 5.33 Å². The normalized spacial score (nSPS) is 14.1. The second-order valence-corrected chi connectivity index (χ2v) is 10.7. The van der Waals surface area contributed by atoms with Gasteiger partial charge in [0.25, 0.3) is 0 Å². The summed E-state index contributed by atoms with van der Waals surface area (Å²) in [6.45, 7) is 10.5. The van der Waals surface area contributed by atoms with E-state index in [1.54, 1.807) is 9.36 Å². The van der Waals surface area contributed by atoms with Crippen LogP contribution in [0.3, 0.4) is 0 Å². The van der Waals surface area contributed by atoms with Gasteiger partial charge in [0, 0.05) is 5.33 Å². The molecule has 1 aliphatic rings. The van der Waals surface area contributed by atoms with Gasteiger partial charge in [-0.05, 0) is 0 Å². The predicted octanol–water partition coefficient (Wildman–Crippen LogP) is 4.70. The summed E-state index contributed by atoms with van der Waals surface area (Å²) >= 11 is 2.88. The standard InChI is InChI=1S/C5H5.C4H9.C3H5Br.Zr/c1-2-4-5-3-1;1-4(2)3;1-2-3-4;/h1-3H,4H2;1-3H3;2H,1,3H2;. The molecule has 0 saturated heterocycles. The van der Waals surface area contributed by atoms with Gasteiger partial charge in [-0.3, -0.25) is 0 Å². The van der Waals surface area contributed by atoms with Crippen molar-refractivity contribution in [3.05, 3.63) is 34.2 Å². The van der Waals surface area contributed by atoms with Gasteiger partial charge >= 0.3 is 75.1 Å². The third kappa shape index (κ3) is 9.15. The molecule has 0 nitrogen and oxygen atoms in total. The van der Waals surface area contributed by atoms with Crippen molar-refractivity contribution >= 4 is 15.9 Å². The quantitative estimate of drug-likeness (QED) is 0.507. The molecule has 0 fully saturated rings. The van der Waals surface area contributed by atoms with Gasteiger partial charge in [-0.15, -0.1) is 6.58 Å². The van der Waals surface area contributed by atoms with Crippen molar-refractivity contribution in [3.8, 4) is 0 Å². The van der Waals surface area contributed by atoms with Gasteiger partial charge in [-0.1, -0.05) is 22.0 Å². The number of alkyl halides is 1. The average Bonchev–Trinajstić information content (AvgIpc) is 2.54. The molecule has 1 rings (SSSR count). The van der Waals surface area contributed by atoms with Crippen LogP contribution in [0, 0.1) is 0 Å². The Labute approximate surface area is 108 Å². The molecule has 0 aromatic carbocycles. The van der Waals surface area contributed by atoms with Crippen LogP contribution in [-0.2, 0) is 23.2 Å². The van der Waals surface area contributed by atoms with Crippen molar-refractivity contribution in [2.45, 2.75) is 30.3 Å². The predicted molar refractivity (Wildman–Crippen MR) is 65.5 cm³/mol. The number of hydrogen-bond donors (Lipinski definition) is 0.